The van der Waals surface area contributed by atoms with E-state index in [2.05, 4.69) is 16.5 Å². The highest BCUT2D eigenvalue weighted by Crippen LogP contribution is 2.29. The number of hydrogen-bond acceptors (Lipinski definition) is 4. The summed E-state index contributed by atoms with van der Waals surface area (Å²) in [5, 5.41) is 8.53. The molecule has 3 aromatic rings. The molecule has 27 heavy (non-hydrogen) atoms. The normalized spacial score (nSPS) is 15.4. The van der Waals surface area contributed by atoms with Crippen molar-refractivity contribution in [3.05, 3.63) is 69.6 Å². The van der Waals surface area contributed by atoms with Crippen LogP contribution in [-0.2, 0) is 24.3 Å². The molecule has 2 heterocycles. The molecule has 0 saturated heterocycles. The lowest BCUT2D eigenvalue weighted by atomic mass is 10.1. The van der Waals surface area contributed by atoms with Crippen LogP contribution in [0.4, 0.5) is 0 Å². The second-order valence-electron chi connectivity index (χ2n) is 6.95. The number of nitrogens with zero attached hydrogens (tertiary/aromatic N) is 2. The first-order valence-electron chi connectivity index (χ1n) is 9.03. The monoisotopic (exact) mass is 363 g/mol. The minimum Gasteiger partial charge on any atom is -0.490 e. The number of aromatic nitrogens is 2. The Labute approximate surface area is 156 Å². The van der Waals surface area contributed by atoms with E-state index in [-0.39, 0.29) is 24.1 Å². The fourth-order valence-corrected chi connectivity index (χ4v) is 3.49. The summed E-state index contributed by atoms with van der Waals surface area (Å²) in [6.07, 6.45) is 1.08. The first-order valence-corrected chi connectivity index (χ1v) is 9.03. The number of fused-ring (bicyclic) bond motifs is 2. The van der Waals surface area contributed by atoms with Gasteiger partial charge in [-0.1, -0.05) is 30.3 Å². The second kappa shape index (κ2) is 6.87. The van der Waals surface area contributed by atoms with Gasteiger partial charge >= 0.3 is 0 Å². The number of rotatable bonds is 4. The van der Waals surface area contributed by atoms with Crippen LogP contribution in [0.2, 0.25) is 0 Å². The van der Waals surface area contributed by atoms with Crippen LogP contribution >= 0.6 is 0 Å². The Hall–Kier alpha value is -3.15. The minimum absolute atomic E-state index is 0.102. The van der Waals surface area contributed by atoms with Crippen molar-refractivity contribution in [1.82, 2.24) is 15.1 Å². The molecule has 0 aliphatic carbocycles. The molecule has 6 nitrogen and oxygen atoms in total. The Morgan fingerprint density at radius 3 is 2.85 bits per heavy atom. The molecule has 1 unspecified atom stereocenters. The molecule has 1 aliphatic heterocycles. The van der Waals surface area contributed by atoms with E-state index in [0.717, 1.165) is 34.4 Å². The van der Waals surface area contributed by atoms with Gasteiger partial charge in [-0.05, 0) is 37.1 Å². The number of hydrogen-bond donors (Lipinski definition) is 1. The number of carbonyl (C=O) groups excluding carboxylic acids is 1. The molecule has 1 atom stereocenters. The van der Waals surface area contributed by atoms with E-state index in [1.54, 1.807) is 6.07 Å². The van der Waals surface area contributed by atoms with Crippen LogP contribution in [0, 0.1) is 6.92 Å². The maximum atomic E-state index is 12.6. The quantitative estimate of drug-likeness (QED) is 0.772. The minimum atomic E-state index is -0.255. The maximum Gasteiger partial charge on any atom is 0.275 e. The molecule has 2 aromatic carbocycles. The van der Waals surface area contributed by atoms with Crippen molar-refractivity contribution in [2.24, 2.45) is 0 Å². The molecule has 1 aromatic heterocycles. The molecule has 138 valence electrons. The number of ether oxygens (including phenoxy) is 1. The second-order valence-corrected chi connectivity index (χ2v) is 6.95. The fraction of sp³-hybridized carbons (Fsp3) is 0.286. The summed E-state index contributed by atoms with van der Waals surface area (Å²) in [6.45, 7) is 4.18. The van der Waals surface area contributed by atoms with Crippen molar-refractivity contribution in [2.45, 2.75) is 39.5 Å². The molecule has 1 amide bonds. The summed E-state index contributed by atoms with van der Waals surface area (Å²) in [6, 6.07) is 13.3. The molecule has 0 saturated carbocycles. The van der Waals surface area contributed by atoms with Gasteiger partial charge in [0.2, 0.25) is 5.91 Å². The Balaban J connectivity index is 1.46. The van der Waals surface area contributed by atoms with Crippen molar-refractivity contribution in [3.63, 3.8) is 0 Å². The van der Waals surface area contributed by atoms with Gasteiger partial charge in [0.1, 0.15) is 18.4 Å². The van der Waals surface area contributed by atoms with E-state index in [1.807, 2.05) is 44.2 Å². The van der Waals surface area contributed by atoms with Crippen LogP contribution in [0.15, 0.2) is 47.3 Å². The van der Waals surface area contributed by atoms with Crippen LogP contribution in [0.3, 0.4) is 0 Å². The van der Waals surface area contributed by atoms with Crippen LogP contribution in [0.5, 0.6) is 5.75 Å². The smallest absolute Gasteiger partial charge is 0.275 e. The van der Waals surface area contributed by atoms with Crippen molar-refractivity contribution in [3.8, 4) is 5.75 Å². The summed E-state index contributed by atoms with van der Waals surface area (Å²) in [7, 11) is 0. The topological polar surface area (TPSA) is 73.2 Å². The average molecular weight is 363 g/mol. The molecule has 0 spiro atoms. The fourth-order valence-electron chi connectivity index (χ4n) is 3.49. The van der Waals surface area contributed by atoms with Gasteiger partial charge in [-0.25, -0.2) is 4.68 Å². The van der Waals surface area contributed by atoms with E-state index < -0.39 is 0 Å². The zero-order chi connectivity index (χ0) is 19.0. The molecule has 0 radical (unpaired) electrons. The zero-order valence-corrected chi connectivity index (χ0v) is 15.4. The molecular weight excluding hydrogens is 342 g/mol. The average Bonchev–Trinajstić information content (AvgIpc) is 3.03. The van der Waals surface area contributed by atoms with Crippen molar-refractivity contribution >= 4 is 16.7 Å². The SMILES string of the molecule is Cc1nn(CC(=O)NCc2ccc3c(c2)CC(C)O3)c(=O)c2ccccc12. The van der Waals surface area contributed by atoms with E-state index in [0.29, 0.717) is 11.9 Å². The Kier molecular flexibility index (Phi) is 4.39. The first kappa shape index (κ1) is 17.3. The van der Waals surface area contributed by atoms with E-state index in [1.165, 1.54) is 4.68 Å². The van der Waals surface area contributed by atoms with Crippen LogP contribution in [0.1, 0.15) is 23.7 Å². The van der Waals surface area contributed by atoms with Crippen LogP contribution in [0.25, 0.3) is 10.8 Å². The number of nitrogens with one attached hydrogen (secondary N) is 1. The predicted molar refractivity (Wildman–Crippen MR) is 103 cm³/mol. The van der Waals surface area contributed by atoms with Gasteiger partial charge in [-0.2, -0.15) is 5.10 Å². The first-order chi connectivity index (χ1) is 13.0. The lowest BCUT2D eigenvalue weighted by molar-refractivity contribution is -0.122. The molecule has 0 bridgehead atoms. The highest BCUT2D eigenvalue weighted by atomic mass is 16.5. The number of aryl methyl sites for hydroxylation is 1. The molecule has 1 N–H and O–H groups in total. The highest BCUT2D eigenvalue weighted by molar-refractivity contribution is 5.83. The van der Waals surface area contributed by atoms with Gasteiger partial charge in [-0.3, -0.25) is 9.59 Å². The molecule has 6 heteroatoms. The molecule has 1 aliphatic rings. The van der Waals surface area contributed by atoms with Gasteiger partial charge < -0.3 is 10.1 Å². The Morgan fingerprint density at radius 1 is 1.26 bits per heavy atom. The lowest BCUT2D eigenvalue weighted by Gasteiger charge is -2.10. The van der Waals surface area contributed by atoms with E-state index in [4.69, 9.17) is 4.74 Å². The summed E-state index contributed by atoms with van der Waals surface area (Å²) in [5.74, 6) is 0.671. The van der Waals surface area contributed by atoms with E-state index in [9.17, 15) is 9.59 Å². The largest absolute Gasteiger partial charge is 0.490 e. The Bertz CT molecular complexity index is 1090. The van der Waals surface area contributed by atoms with Gasteiger partial charge in [0.15, 0.2) is 0 Å². The number of carbonyl (C=O) groups is 1. The van der Waals surface area contributed by atoms with Gasteiger partial charge in [0.05, 0.1) is 11.1 Å². The van der Waals surface area contributed by atoms with Crippen molar-refractivity contribution in [1.29, 1.82) is 0 Å². The third-order valence-corrected chi connectivity index (χ3v) is 4.80. The summed E-state index contributed by atoms with van der Waals surface area (Å²) in [4.78, 5) is 24.9. The summed E-state index contributed by atoms with van der Waals surface area (Å²) >= 11 is 0. The third-order valence-electron chi connectivity index (χ3n) is 4.80. The highest BCUT2D eigenvalue weighted by Gasteiger charge is 2.19. The standard InChI is InChI=1S/C21H21N3O3/c1-13-9-16-10-15(7-8-19(16)27-13)11-22-20(25)12-24-21(26)18-6-4-3-5-17(18)14(2)23-24/h3-8,10,13H,9,11-12H2,1-2H3,(H,22,25). The maximum absolute atomic E-state index is 12.6. The number of amides is 1. The van der Waals surface area contributed by atoms with Crippen molar-refractivity contribution in [2.75, 3.05) is 0 Å². The summed E-state index contributed by atoms with van der Waals surface area (Å²) < 4.78 is 6.92. The van der Waals surface area contributed by atoms with E-state index >= 15 is 0 Å². The zero-order valence-electron chi connectivity index (χ0n) is 15.4. The summed E-state index contributed by atoms with van der Waals surface area (Å²) in [5.41, 5.74) is 2.65. The van der Waals surface area contributed by atoms with Crippen LogP contribution in [-0.4, -0.2) is 21.8 Å². The van der Waals surface area contributed by atoms with Crippen LogP contribution < -0.4 is 15.6 Å². The molecule has 4 rings (SSSR count). The third kappa shape index (κ3) is 3.43. The molecular formula is C21H21N3O3. The van der Waals surface area contributed by atoms with Gasteiger partial charge in [0, 0.05) is 18.4 Å². The predicted octanol–water partition coefficient (Wildman–Crippen LogP) is 2.34. The Morgan fingerprint density at radius 2 is 2.04 bits per heavy atom. The lowest BCUT2D eigenvalue weighted by Crippen LogP contribution is -2.33. The van der Waals surface area contributed by atoms with Crippen molar-refractivity contribution < 1.29 is 9.53 Å². The molecule has 0 fully saturated rings. The van der Waals surface area contributed by atoms with Gasteiger partial charge in [0.25, 0.3) is 5.56 Å². The van der Waals surface area contributed by atoms with Gasteiger partial charge in [-0.15, -0.1) is 0 Å². The number of benzene rings is 2.